The summed E-state index contributed by atoms with van der Waals surface area (Å²) >= 11 is 1.50. The van der Waals surface area contributed by atoms with E-state index in [0.29, 0.717) is 18.7 Å². The Hall–Kier alpha value is -1.20. The van der Waals surface area contributed by atoms with E-state index in [2.05, 4.69) is 0 Å². The third-order valence-corrected chi connectivity index (χ3v) is 3.73. The molecule has 19 heavy (non-hydrogen) atoms. The van der Waals surface area contributed by atoms with Crippen LogP contribution in [0.25, 0.3) is 0 Å². The molecule has 0 saturated heterocycles. The van der Waals surface area contributed by atoms with Crippen molar-refractivity contribution >= 4 is 17.7 Å². The topological polar surface area (TPSA) is 49.8 Å². The summed E-state index contributed by atoms with van der Waals surface area (Å²) in [5, 5.41) is 9.19. The maximum atomic E-state index is 11.9. The van der Waals surface area contributed by atoms with Crippen LogP contribution < -0.4 is 4.74 Å². The summed E-state index contributed by atoms with van der Waals surface area (Å²) in [6.45, 7) is 2.31. The zero-order chi connectivity index (χ0) is 14.3. The number of carbonyl (C=O) groups is 1. The van der Waals surface area contributed by atoms with E-state index in [1.54, 1.807) is 26.0 Å². The van der Waals surface area contributed by atoms with E-state index in [9.17, 15) is 9.90 Å². The summed E-state index contributed by atoms with van der Waals surface area (Å²) in [6.07, 6.45) is 0.236. The van der Waals surface area contributed by atoms with Crippen LogP contribution in [0, 0.1) is 0 Å². The first-order valence-corrected chi connectivity index (χ1v) is 7.20. The Morgan fingerprint density at radius 1 is 1.42 bits per heavy atom. The van der Waals surface area contributed by atoms with E-state index in [-0.39, 0.29) is 12.0 Å². The van der Waals surface area contributed by atoms with E-state index in [1.807, 2.05) is 24.3 Å². The highest BCUT2D eigenvalue weighted by Gasteiger charge is 2.10. The van der Waals surface area contributed by atoms with E-state index < -0.39 is 0 Å². The van der Waals surface area contributed by atoms with Gasteiger partial charge in [0.15, 0.2) is 0 Å². The lowest BCUT2D eigenvalue weighted by Crippen LogP contribution is -2.30. The van der Waals surface area contributed by atoms with Crippen molar-refractivity contribution in [2.75, 3.05) is 26.5 Å². The molecular weight excluding hydrogens is 262 g/mol. The summed E-state index contributed by atoms with van der Waals surface area (Å²) in [4.78, 5) is 14.5. The van der Waals surface area contributed by atoms with Gasteiger partial charge in [-0.05, 0) is 37.6 Å². The number of methoxy groups -OCH3 is 1. The van der Waals surface area contributed by atoms with Gasteiger partial charge in [-0.15, -0.1) is 11.8 Å². The van der Waals surface area contributed by atoms with Crippen LogP contribution in [0.15, 0.2) is 29.2 Å². The van der Waals surface area contributed by atoms with Gasteiger partial charge in [0.25, 0.3) is 0 Å². The van der Waals surface area contributed by atoms with E-state index in [1.165, 1.54) is 11.8 Å². The number of hydrogen-bond donors (Lipinski definition) is 1. The Balaban J connectivity index is 2.36. The molecule has 4 nitrogen and oxygen atoms in total. The minimum absolute atomic E-state index is 0.0708. The van der Waals surface area contributed by atoms with Crippen LogP contribution in [-0.4, -0.2) is 48.5 Å². The van der Waals surface area contributed by atoms with Gasteiger partial charge in [-0.25, -0.2) is 0 Å². The van der Waals surface area contributed by atoms with E-state index >= 15 is 0 Å². The Labute approximate surface area is 118 Å². The maximum absolute atomic E-state index is 11.9. The van der Waals surface area contributed by atoms with Crippen molar-refractivity contribution in [3.63, 3.8) is 0 Å². The third-order valence-electron chi connectivity index (χ3n) is 2.73. The summed E-state index contributed by atoms with van der Waals surface area (Å²) < 4.78 is 5.08. The number of aliphatic hydroxyl groups excluding tert-OH is 1. The van der Waals surface area contributed by atoms with Crippen molar-refractivity contribution in [3.05, 3.63) is 24.3 Å². The standard InChI is InChI=1S/C14H21NO3S/c1-11(16)8-9-15(2)14(17)10-19-13-6-4-12(18-3)5-7-13/h4-7,11,16H,8-10H2,1-3H3. The van der Waals surface area contributed by atoms with Crippen molar-refractivity contribution in [1.82, 2.24) is 4.90 Å². The Morgan fingerprint density at radius 3 is 2.58 bits per heavy atom. The Bertz CT molecular complexity index is 392. The second kappa shape index (κ2) is 8.07. The van der Waals surface area contributed by atoms with Crippen molar-refractivity contribution in [2.24, 2.45) is 0 Å². The van der Waals surface area contributed by atoms with Crippen molar-refractivity contribution < 1.29 is 14.6 Å². The summed E-state index contributed by atoms with van der Waals surface area (Å²) in [7, 11) is 3.39. The van der Waals surface area contributed by atoms with Crippen molar-refractivity contribution in [3.8, 4) is 5.75 Å². The van der Waals surface area contributed by atoms with Gasteiger partial charge < -0.3 is 14.7 Å². The molecule has 0 radical (unpaired) electrons. The molecule has 1 N–H and O–H groups in total. The van der Waals surface area contributed by atoms with Crippen molar-refractivity contribution in [1.29, 1.82) is 0 Å². The molecule has 1 atom stereocenters. The first-order chi connectivity index (χ1) is 9.02. The average molecular weight is 283 g/mol. The molecule has 0 bridgehead atoms. The lowest BCUT2D eigenvalue weighted by Gasteiger charge is -2.17. The Kier molecular flexibility index (Phi) is 6.73. The lowest BCUT2D eigenvalue weighted by molar-refractivity contribution is -0.127. The van der Waals surface area contributed by atoms with E-state index in [4.69, 9.17) is 4.74 Å². The van der Waals surface area contributed by atoms with Crippen LogP contribution in [0.2, 0.25) is 0 Å². The fourth-order valence-corrected chi connectivity index (χ4v) is 2.27. The van der Waals surface area contributed by atoms with Crippen LogP contribution >= 0.6 is 11.8 Å². The molecule has 0 aromatic heterocycles. The molecule has 5 heteroatoms. The van der Waals surface area contributed by atoms with Crippen LogP contribution in [0.5, 0.6) is 5.75 Å². The molecule has 1 aromatic rings. The first-order valence-electron chi connectivity index (χ1n) is 6.22. The van der Waals surface area contributed by atoms with Crippen LogP contribution in [0.4, 0.5) is 0 Å². The number of amides is 1. The zero-order valence-corrected chi connectivity index (χ0v) is 12.4. The molecule has 0 spiro atoms. The number of carbonyl (C=O) groups excluding carboxylic acids is 1. The second-order valence-corrected chi connectivity index (χ2v) is 5.47. The quantitative estimate of drug-likeness (QED) is 0.778. The van der Waals surface area contributed by atoms with Crippen LogP contribution in [0.3, 0.4) is 0 Å². The number of aliphatic hydroxyl groups is 1. The highest BCUT2D eigenvalue weighted by atomic mass is 32.2. The van der Waals surface area contributed by atoms with Gasteiger partial charge in [0.1, 0.15) is 5.75 Å². The van der Waals surface area contributed by atoms with E-state index in [0.717, 1.165) is 10.6 Å². The molecule has 0 heterocycles. The Morgan fingerprint density at radius 2 is 2.05 bits per heavy atom. The van der Waals surface area contributed by atoms with Gasteiger partial charge in [0.05, 0.1) is 19.0 Å². The number of nitrogens with zero attached hydrogens (tertiary/aromatic N) is 1. The molecule has 1 aromatic carbocycles. The number of benzene rings is 1. The molecule has 106 valence electrons. The predicted octanol–water partition coefficient (Wildman–Crippen LogP) is 2.02. The SMILES string of the molecule is COc1ccc(SCC(=O)N(C)CCC(C)O)cc1. The fourth-order valence-electron chi connectivity index (χ4n) is 1.43. The molecule has 1 amide bonds. The van der Waals surface area contributed by atoms with Gasteiger partial charge >= 0.3 is 0 Å². The number of ether oxygens (including phenoxy) is 1. The maximum Gasteiger partial charge on any atom is 0.232 e. The summed E-state index contributed by atoms with van der Waals surface area (Å²) in [5.41, 5.74) is 0. The van der Waals surface area contributed by atoms with Gasteiger partial charge in [-0.2, -0.15) is 0 Å². The molecule has 0 saturated carbocycles. The van der Waals surface area contributed by atoms with Crippen LogP contribution in [0.1, 0.15) is 13.3 Å². The first kappa shape index (κ1) is 15.9. The van der Waals surface area contributed by atoms with Crippen LogP contribution in [-0.2, 0) is 4.79 Å². The predicted molar refractivity (Wildman–Crippen MR) is 77.7 cm³/mol. The average Bonchev–Trinajstić information content (AvgIpc) is 2.42. The monoisotopic (exact) mass is 283 g/mol. The van der Waals surface area contributed by atoms with Gasteiger partial charge in [-0.1, -0.05) is 0 Å². The minimum atomic E-state index is -0.371. The minimum Gasteiger partial charge on any atom is -0.497 e. The third kappa shape index (κ3) is 5.98. The molecule has 0 aliphatic carbocycles. The molecule has 0 fully saturated rings. The van der Waals surface area contributed by atoms with Gasteiger partial charge in [0.2, 0.25) is 5.91 Å². The molecule has 0 aliphatic heterocycles. The smallest absolute Gasteiger partial charge is 0.232 e. The highest BCUT2D eigenvalue weighted by Crippen LogP contribution is 2.21. The molecule has 1 rings (SSSR count). The molecule has 0 aliphatic rings. The fraction of sp³-hybridized carbons (Fsp3) is 0.500. The number of rotatable bonds is 7. The van der Waals surface area contributed by atoms with Gasteiger partial charge in [-0.3, -0.25) is 4.79 Å². The summed E-state index contributed by atoms with van der Waals surface area (Å²) in [5.74, 6) is 1.29. The molecular formula is C14H21NO3S. The molecule has 1 unspecified atom stereocenters. The lowest BCUT2D eigenvalue weighted by atomic mass is 10.3. The van der Waals surface area contributed by atoms with Crippen molar-refractivity contribution in [2.45, 2.75) is 24.3 Å². The normalized spacial score (nSPS) is 12.0. The largest absolute Gasteiger partial charge is 0.497 e. The number of hydrogen-bond acceptors (Lipinski definition) is 4. The van der Waals surface area contributed by atoms with Gasteiger partial charge in [0, 0.05) is 18.5 Å². The highest BCUT2D eigenvalue weighted by molar-refractivity contribution is 8.00. The second-order valence-electron chi connectivity index (χ2n) is 4.42. The number of thioether (sulfide) groups is 1. The zero-order valence-electron chi connectivity index (χ0n) is 11.6. The summed E-state index contributed by atoms with van der Waals surface area (Å²) in [6, 6.07) is 7.63.